The Kier molecular flexibility index (Phi) is 5.54. The zero-order chi connectivity index (χ0) is 12.9. The number of alkyl halides is 1. The number of thioether (sulfide) groups is 1. The molecular formula is C8H13ClN2O4S2. The van der Waals surface area contributed by atoms with Crippen molar-refractivity contribution in [2.45, 2.75) is 12.8 Å². The van der Waals surface area contributed by atoms with Crippen LogP contribution in [0.15, 0.2) is 11.2 Å². The summed E-state index contributed by atoms with van der Waals surface area (Å²) in [6.45, 7) is 0.303. The number of hydrogen-bond acceptors (Lipinski definition) is 5. The van der Waals surface area contributed by atoms with Gasteiger partial charge in [-0.2, -0.15) is 0 Å². The van der Waals surface area contributed by atoms with Crippen molar-refractivity contribution in [3.8, 4) is 0 Å². The summed E-state index contributed by atoms with van der Waals surface area (Å²) >= 11 is 6.65. The van der Waals surface area contributed by atoms with Crippen LogP contribution in [0.1, 0.15) is 12.8 Å². The Bertz CT molecular complexity index is 410. The monoisotopic (exact) mass is 300 g/mol. The van der Waals surface area contributed by atoms with Crippen molar-refractivity contribution in [2.24, 2.45) is 0 Å². The third-order valence-corrected chi connectivity index (χ3v) is 5.44. The van der Waals surface area contributed by atoms with Crippen LogP contribution in [0.4, 0.5) is 0 Å². The smallest absolute Gasteiger partial charge is 0.259 e. The SMILES string of the molecule is O=[N+]([O-])C=C1SCCCN1S(=O)(=O)CCCCl. The van der Waals surface area contributed by atoms with E-state index in [1.807, 2.05) is 0 Å². The van der Waals surface area contributed by atoms with Crippen LogP contribution in [0.3, 0.4) is 0 Å². The molecule has 1 heterocycles. The van der Waals surface area contributed by atoms with E-state index in [1.54, 1.807) is 0 Å². The lowest BCUT2D eigenvalue weighted by Gasteiger charge is -2.28. The van der Waals surface area contributed by atoms with Gasteiger partial charge in [0, 0.05) is 18.2 Å². The molecule has 0 atom stereocenters. The predicted octanol–water partition coefficient (Wildman–Crippen LogP) is 1.46. The van der Waals surface area contributed by atoms with Gasteiger partial charge in [-0.05, 0) is 12.8 Å². The quantitative estimate of drug-likeness (QED) is 0.436. The van der Waals surface area contributed by atoms with Gasteiger partial charge in [-0.25, -0.2) is 8.42 Å². The minimum Gasteiger partial charge on any atom is -0.259 e. The van der Waals surface area contributed by atoms with Gasteiger partial charge in [0.25, 0.3) is 6.20 Å². The van der Waals surface area contributed by atoms with E-state index in [0.29, 0.717) is 25.1 Å². The van der Waals surface area contributed by atoms with Crippen LogP contribution >= 0.6 is 23.4 Å². The summed E-state index contributed by atoms with van der Waals surface area (Å²) in [6.07, 6.45) is 1.79. The minimum atomic E-state index is -3.48. The highest BCUT2D eigenvalue weighted by Crippen LogP contribution is 2.29. The van der Waals surface area contributed by atoms with Gasteiger partial charge < -0.3 is 0 Å². The molecule has 1 rings (SSSR count). The van der Waals surface area contributed by atoms with Gasteiger partial charge in [0.15, 0.2) is 5.03 Å². The summed E-state index contributed by atoms with van der Waals surface area (Å²) in [4.78, 5) is 9.80. The first kappa shape index (κ1) is 14.6. The molecule has 1 fully saturated rings. The van der Waals surface area contributed by atoms with Crippen LogP contribution < -0.4 is 0 Å². The van der Waals surface area contributed by atoms with Gasteiger partial charge in [0.1, 0.15) is 0 Å². The highest BCUT2D eigenvalue weighted by Gasteiger charge is 2.28. The molecule has 0 aromatic rings. The summed E-state index contributed by atoms with van der Waals surface area (Å²) in [5, 5.41) is 10.6. The van der Waals surface area contributed by atoms with Crippen LogP contribution in [0.5, 0.6) is 0 Å². The summed E-state index contributed by atoms with van der Waals surface area (Å²) in [6, 6.07) is 0. The number of nitro groups is 1. The van der Waals surface area contributed by atoms with E-state index < -0.39 is 14.9 Å². The first-order chi connectivity index (χ1) is 7.97. The van der Waals surface area contributed by atoms with Gasteiger partial charge in [-0.15, -0.1) is 23.4 Å². The molecule has 0 spiro atoms. The molecule has 98 valence electrons. The Balaban J connectivity index is 2.88. The second-order valence-corrected chi connectivity index (χ2v) is 6.89. The second kappa shape index (κ2) is 6.46. The van der Waals surface area contributed by atoms with E-state index in [1.165, 1.54) is 11.8 Å². The van der Waals surface area contributed by atoms with Crippen LogP contribution in [0.2, 0.25) is 0 Å². The Morgan fingerprint density at radius 1 is 1.59 bits per heavy atom. The van der Waals surface area contributed by atoms with Gasteiger partial charge >= 0.3 is 0 Å². The normalized spacial score (nSPS) is 19.6. The fourth-order valence-electron chi connectivity index (χ4n) is 1.38. The topological polar surface area (TPSA) is 80.5 Å². The summed E-state index contributed by atoms with van der Waals surface area (Å²) in [5.41, 5.74) is 0. The Morgan fingerprint density at radius 3 is 2.88 bits per heavy atom. The molecule has 1 saturated heterocycles. The van der Waals surface area contributed by atoms with Gasteiger partial charge in [0.05, 0.1) is 10.7 Å². The molecule has 0 amide bonds. The molecule has 9 heteroatoms. The predicted molar refractivity (Wildman–Crippen MR) is 68.0 cm³/mol. The number of sulfonamides is 1. The molecule has 0 aliphatic carbocycles. The lowest BCUT2D eigenvalue weighted by atomic mass is 10.5. The number of nitrogens with zero attached hydrogens (tertiary/aromatic N) is 2. The van der Waals surface area contributed by atoms with Crippen molar-refractivity contribution in [1.82, 2.24) is 4.31 Å². The first-order valence-electron chi connectivity index (χ1n) is 5.02. The Labute approximate surface area is 109 Å². The molecule has 17 heavy (non-hydrogen) atoms. The highest BCUT2D eigenvalue weighted by atomic mass is 35.5. The maximum Gasteiger partial charge on any atom is 0.265 e. The molecule has 1 aliphatic heterocycles. The van der Waals surface area contributed by atoms with E-state index >= 15 is 0 Å². The highest BCUT2D eigenvalue weighted by molar-refractivity contribution is 8.04. The van der Waals surface area contributed by atoms with E-state index in [9.17, 15) is 18.5 Å². The largest absolute Gasteiger partial charge is 0.265 e. The maximum atomic E-state index is 11.9. The van der Waals surface area contributed by atoms with Gasteiger partial charge in [0.2, 0.25) is 10.0 Å². The average Bonchev–Trinajstić information content (AvgIpc) is 2.26. The third-order valence-electron chi connectivity index (χ3n) is 2.09. The van der Waals surface area contributed by atoms with Gasteiger partial charge in [-0.3, -0.25) is 14.4 Å². The zero-order valence-corrected chi connectivity index (χ0v) is 11.4. The molecule has 0 bridgehead atoms. The molecular weight excluding hydrogens is 288 g/mol. The fraction of sp³-hybridized carbons (Fsp3) is 0.750. The van der Waals surface area contributed by atoms with E-state index in [0.717, 1.165) is 10.5 Å². The number of rotatable bonds is 5. The number of hydrogen-bond donors (Lipinski definition) is 0. The van der Waals surface area contributed by atoms with E-state index in [2.05, 4.69) is 0 Å². The van der Waals surface area contributed by atoms with Crippen LogP contribution in [0.25, 0.3) is 0 Å². The fourth-order valence-corrected chi connectivity index (χ4v) is 4.51. The first-order valence-corrected chi connectivity index (χ1v) is 8.15. The van der Waals surface area contributed by atoms with Crippen molar-refractivity contribution in [3.63, 3.8) is 0 Å². The molecule has 0 N–H and O–H groups in total. The van der Waals surface area contributed by atoms with E-state index in [-0.39, 0.29) is 16.7 Å². The molecule has 6 nitrogen and oxygen atoms in total. The lowest BCUT2D eigenvalue weighted by molar-refractivity contribution is -0.403. The van der Waals surface area contributed by atoms with Crippen molar-refractivity contribution in [2.75, 3.05) is 23.9 Å². The lowest BCUT2D eigenvalue weighted by Crippen LogP contribution is -2.35. The summed E-state index contributed by atoms with van der Waals surface area (Å²) < 4.78 is 25.0. The van der Waals surface area contributed by atoms with Crippen molar-refractivity contribution < 1.29 is 13.3 Å². The Morgan fingerprint density at radius 2 is 2.29 bits per heavy atom. The molecule has 0 aromatic carbocycles. The van der Waals surface area contributed by atoms with Gasteiger partial charge in [-0.1, -0.05) is 0 Å². The zero-order valence-electron chi connectivity index (χ0n) is 9.04. The summed E-state index contributed by atoms with van der Waals surface area (Å²) in [7, 11) is -3.48. The number of halogens is 1. The van der Waals surface area contributed by atoms with Crippen LogP contribution in [-0.2, 0) is 10.0 Å². The molecule has 0 saturated carbocycles. The minimum absolute atomic E-state index is 0.0773. The van der Waals surface area contributed by atoms with Crippen LogP contribution in [-0.4, -0.2) is 41.6 Å². The van der Waals surface area contributed by atoms with Crippen LogP contribution in [0, 0.1) is 10.1 Å². The molecule has 0 unspecified atom stereocenters. The van der Waals surface area contributed by atoms with Crippen molar-refractivity contribution in [1.29, 1.82) is 0 Å². The summed E-state index contributed by atoms with van der Waals surface area (Å²) in [5.74, 6) is 0.877. The molecule has 0 radical (unpaired) electrons. The van der Waals surface area contributed by atoms with E-state index in [4.69, 9.17) is 11.6 Å². The third kappa shape index (κ3) is 4.36. The second-order valence-electron chi connectivity index (χ2n) is 3.39. The standard InChI is InChI=1S/C8H13ClN2O4S2/c9-3-1-6-17(14,15)10-4-2-5-16-8(10)7-11(12)13/h7H,1-6H2. The molecule has 1 aliphatic rings. The average molecular weight is 301 g/mol. The molecule has 0 aromatic heterocycles. The van der Waals surface area contributed by atoms with Crippen molar-refractivity contribution in [3.05, 3.63) is 21.3 Å². The van der Waals surface area contributed by atoms with Crippen molar-refractivity contribution >= 4 is 33.4 Å². The Hall–Kier alpha value is -0.470. The maximum absolute atomic E-state index is 11.9.